The molecule has 0 saturated heterocycles. The molecule has 0 saturated carbocycles. The largest absolute Gasteiger partial charge is 0.441 e. The Morgan fingerprint density at radius 2 is 2.11 bits per heavy atom. The van der Waals surface area contributed by atoms with Crippen molar-refractivity contribution in [2.45, 2.75) is 20.5 Å². The van der Waals surface area contributed by atoms with Crippen LogP contribution in [0.1, 0.15) is 16.5 Å². The number of hydrogen-bond donors (Lipinski definition) is 1. The first kappa shape index (κ1) is 11.4. The summed E-state index contributed by atoms with van der Waals surface area (Å²) in [7, 11) is 0. The summed E-state index contributed by atoms with van der Waals surface area (Å²) in [4.78, 5) is 9.68. The molecule has 0 aliphatic carbocycles. The Bertz CT molecular complexity index is 715. The molecular weight excluding hydrogens is 248 g/mol. The molecule has 0 spiro atoms. The van der Waals surface area contributed by atoms with Gasteiger partial charge in [0, 0.05) is 12.5 Å². The summed E-state index contributed by atoms with van der Waals surface area (Å²) in [6.45, 7) is 3.77. The maximum Gasteiger partial charge on any atom is 0.192 e. The van der Waals surface area contributed by atoms with Crippen molar-refractivity contribution in [1.82, 2.24) is 9.97 Å². The van der Waals surface area contributed by atoms with Gasteiger partial charge in [0.2, 0.25) is 0 Å². The summed E-state index contributed by atoms with van der Waals surface area (Å²) in [5.74, 6) is 0.661. The predicted molar refractivity (Wildman–Crippen MR) is 70.5 cm³/mol. The van der Waals surface area contributed by atoms with Gasteiger partial charge in [-0.1, -0.05) is 0 Å². The SMILES string of the molecule is Cc1nc2cc(-c3nc(C)c(CO)s3)ccc2o1. The molecule has 0 radical (unpaired) electrons. The van der Waals surface area contributed by atoms with E-state index in [9.17, 15) is 5.11 Å². The minimum absolute atomic E-state index is 0.0365. The summed E-state index contributed by atoms with van der Waals surface area (Å²) in [6.07, 6.45) is 0. The molecular formula is C13H12N2O2S. The van der Waals surface area contributed by atoms with Gasteiger partial charge in [-0.05, 0) is 25.1 Å². The van der Waals surface area contributed by atoms with Crippen molar-refractivity contribution < 1.29 is 9.52 Å². The van der Waals surface area contributed by atoms with Gasteiger partial charge in [-0.2, -0.15) is 0 Å². The third-order valence-corrected chi connectivity index (χ3v) is 3.97. The molecule has 3 rings (SSSR count). The lowest BCUT2D eigenvalue weighted by Gasteiger charge is -1.94. The molecule has 1 aromatic carbocycles. The minimum Gasteiger partial charge on any atom is -0.441 e. The summed E-state index contributed by atoms with van der Waals surface area (Å²) in [6, 6.07) is 5.83. The third kappa shape index (κ3) is 1.81. The van der Waals surface area contributed by atoms with Gasteiger partial charge in [0.25, 0.3) is 0 Å². The minimum atomic E-state index is 0.0365. The van der Waals surface area contributed by atoms with Crippen LogP contribution in [-0.2, 0) is 6.61 Å². The van der Waals surface area contributed by atoms with Crippen LogP contribution in [0.2, 0.25) is 0 Å². The summed E-state index contributed by atoms with van der Waals surface area (Å²) < 4.78 is 5.44. The number of fused-ring (bicyclic) bond motifs is 1. The molecule has 0 unspecified atom stereocenters. The monoisotopic (exact) mass is 260 g/mol. The molecule has 92 valence electrons. The molecule has 3 aromatic rings. The molecule has 2 heterocycles. The van der Waals surface area contributed by atoms with Gasteiger partial charge in [-0.3, -0.25) is 0 Å². The highest BCUT2D eigenvalue weighted by molar-refractivity contribution is 7.15. The number of nitrogens with zero attached hydrogens (tertiary/aromatic N) is 2. The highest BCUT2D eigenvalue weighted by Crippen LogP contribution is 2.30. The molecule has 0 aliphatic rings. The second-order valence-corrected chi connectivity index (χ2v) is 5.18. The average molecular weight is 260 g/mol. The van der Waals surface area contributed by atoms with Crippen LogP contribution in [0.3, 0.4) is 0 Å². The van der Waals surface area contributed by atoms with E-state index in [1.54, 1.807) is 0 Å². The van der Waals surface area contributed by atoms with E-state index < -0.39 is 0 Å². The van der Waals surface area contributed by atoms with Crippen LogP contribution in [0, 0.1) is 13.8 Å². The number of hydrogen-bond acceptors (Lipinski definition) is 5. The summed E-state index contributed by atoms with van der Waals surface area (Å²) in [5, 5.41) is 10.1. The number of aryl methyl sites for hydroxylation is 2. The normalized spacial score (nSPS) is 11.3. The van der Waals surface area contributed by atoms with Gasteiger partial charge in [0.15, 0.2) is 11.5 Å². The maximum absolute atomic E-state index is 9.20. The fourth-order valence-electron chi connectivity index (χ4n) is 1.87. The van der Waals surface area contributed by atoms with Gasteiger partial charge in [0.1, 0.15) is 10.5 Å². The number of rotatable bonds is 2. The van der Waals surface area contributed by atoms with Gasteiger partial charge in [-0.15, -0.1) is 11.3 Å². The summed E-state index contributed by atoms with van der Waals surface area (Å²) >= 11 is 1.51. The molecule has 0 atom stereocenters. The quantitative estimate of drug-likeness (QED) is 0.769. The van der Waals surface area contributed by atoms with E-state index in [1.165, 1.54) is 11.3 Å². The number of oxazole rings is 1. The van der Waals surface area contributed by atoms with Gasteiger partial charge in [-0.25, -0.2) is 9.97 Å². The fraction of sp³-hybridized carbons (Fsp3) is 0.231. The van der Waals surface area contributed by atoms with Crippen LogP contribution in [-0.4, -0.2) is 15.1 Å². The van der Waals surface area contributed by atoms with Crippen LogP contribution in [0.4, 0.5) is 0 Å². The van der Waals surface area contributed by atoms with Crippen molar-refractivity contribution in [3.8, 4) is 10.6 Å². The van der Waals surface area contributed by atoms with Crippen LogP contribution in [0.15, 0.2) is 22.6 Å². The van der Waals surface area contributed by atoms with Crippen LogP contribution < -0.4 is 0 Å². The van der Waals surface area contributed by atoms with Gasteiger partial charge in [0.05, 0.1) is 17.2 Å². The molecule has 18 heavy (non-hydrogen) atoms. The van der Waals surface area contributed by atoms with E-state index in [-0.39, 0.29) is 6.61 Å². The highest BCUT2D eigenvalue weighted by Gasteiger charge is 2.10. The topological polar surface area (TPSA) is 59.2 Å². The molecule has 4 nitrogen and oxygen atoms in total. The van der Waals surface area contributed by atoms with Crippen molar-refractivity contribution in [3.63, 3.8) is 0 Å². The van der Waals surface area contributed by atoms with E-state index in [0.717, 1.165) is 32.2 Å². The van der Waals surface area contributed by atoms with Crippen molar-refractivity contribution in [3.05, 3.63) is 34.7 Å². The second-order valence-electron chi connectivity index (χ2n) is 4.10. The highest BCUT2D eigenvalue weighted by atomic mass is 32.1. The molecule has 5 heteroatoms. The zero-order valence-corrected chi connectivity index (χ0v) is 10.9. The first-order valence-corrected chi connectivity index (χ1v) is 6.44. The first-order chi connectivity index (χ1) is 8.67. The number of thiazole rings is 1. The zero-order chi connectivity index (χ0) is 12.7. The average Bonchev–Trinajstić information content (AvgIpc) is 2.89. The predicted octanol–water partition coefficient (Wildman–Crippen LogP) is 3.06. The van der Waals surface area contributed by atoms with E-state index in [4.69, 9.17) is 4.42 Å². The molecule has 1 N–H and O–H groups in total. The van der Waals surface area contributed by atoms with E-state index in [1.807, 2.05) is 32.0 Å². The van der Waals surface area contributed by atoms with E-state index in [2.05, 4.69) is 9.97 Å². The number of aromatic nitrogens is 2. The zero-order valence-electron chi connectivity index (χ0n) is 10.1. The smallest absolute Gasteiger partial charge is 0.192 e. The van der Waals surface area contributed by atoms with E-state index >= 15 is 0 Å². The number of benzene rings is 1. The molecule has 2 aromatic heterocycles. The lowest BCUT2D eigenvalue weighted by atomic mass is 10.2. The molecule has 0 amide bonds. The molecule has 0 aliphatic heterocycles. The Balaban J connectivity index is 2.12. The Morgan fingerprint density at radius 1 is 1.28 bits per heavy atom. The fourth-order valence-corrected chi connectivity index (χ4v) is 2.79. The maximum atomic E-state index is 9.20. The van der Waals surface area contributed by atoms with Crippen molar-refractivity contribution in [1.29, 1.82) is 0 Å². The van der Waals surface area contributed by atoms with Crippen LogP contribution in [0.5, 0.6) is 0 Å². The van der Waals surface area contributed by atoms with Crippen molar-refractivity contribution in [2.24, 2.45) is 0 Å². The number of aliphatic hydroxyl groups is 1. The Kier molecular flexibility index (Phi) is 2.65. The second kappa shape index (κ2) is 4.19. The Hall–Kier alpha value is -1.72. The molecule has 0 bridgehead atoms. The molecule has 0 fully saturated rings. The standard InChI is InChI=1S/C13H12N2O2S/c1-7-12(6-16)18-13(14-7)9-3-4-11-10(5-9)15-8(2)17-11/h3-5,16H,6H2,1-2H3. The van der Waals surface area contributed by atoms with Crippen LogP contribution >= 0.6 is 11.3 Å². The van der Waals surface area contributed by atoms with Gasteiger partial charge < -0.3 is 9.52 Å². The Morgan fingerprint density at radius 3 is 2.83 bits per heavy atom. The lowest BCUT2D eigenvalue weighted by molar-refractivity contribution is 0.284. The summed E-state index contributed by atoms with van der Waals surface area (Å²) in [5.41, 5.74) is 3.51. The number of aliphatic hydroxyl groups excluding tert-OH is 1. The lowest BCUT2D eigenvalue weighted by Crippen LogP contribution is -1.80. The van der Waals surface area contributed by atoms with E-state index in [0.29, 0.717) is 5.89 Å². The van der Waals surface area contributed by atoms with Crippen molar-refractivity contribution in [2.75, 3.05) is 0 Å². The third-order valence-electron chi connectivity index (χ3n) is 2.78. The Labute approximate surface area is 108 Å². The van der Waals surface area contributed by atoms with Gasteiger partial charge >= 0.3 is 0 Å². The van der Waals surface area contributed by atoms with Crippen molar-refractivity contribution >= 4 is 22.4 Å². The first-order valence-electron chi connectivity index (χ1n) is 5.62. The van der Waals surface area contributed by atoms with Crippen LogP contribution in [0.25, 0.3) is 21.7 Å².